The molecule has 7 nitrogen and oxygen atoms in total. The zero-order valence-corrected chi connectivity index (χ0v) is 17.3. The first-order chi connectivity index (χ1) is 13.9. The highest BCUT2D eigenvalue weighted by Crippen LogP contribution is 2.21. The maximum atomic E-state index is 12.5. The van der Waals surface area contributed by atoms with Gasteiger partial charge in [-0.1, -0.05) is 23.7 Å². The average molecular weight is 436 g/mol. The van der Waals surface area contributed by atoms with Crippen LogP contribution in [0.4, 0.5) is 5.69 Å². The summed E-state index contributed by atoms with van der Waals surface area (Å²) < 4.78 is 26.5. The number of nitrogens with zero attached hydrogens (tertiary/aromatic N) is 1. The molecule has 0 aromatic heterocycles. The second-order valence-electron chi connectivity index (χ2n) is 6.72. The van der Waals surface area contributed by atoms with Gasteiger partial charge < -0.3 is 10.6 Å². The zero-order chi connectivity index (χ0) is 20.9. The van der Waals surface area contributed by atoms with Crippen molar-refractivity contribution >= 4 is 39.1 Å². The van der Waals surface area contributed by atoms with Gasteiger partial charge in [0.25, 0.3) is 0 Å². The van der Waals surface area contributed by atoms with Crippen molar-refractivity contribution in [3.8, 4) is 0 Å². The molecule has 0 atom stereocenters. The Morgan fingerprint density at radius 2 is 1.55 bits per heavy atom. The van der Waals surface area contributed by atoms with Gasteiger partial charge in [0.1, 0.15) is 0 Å². The summed E-state index contributed by atoms with van der Waals surface area (Å²) in [5.74, 6) is -1.51. The molecule has 1 heterocycles. The van der Waals surface area contributed by atoms with Crippen LogP contribution in [0.25, 0.3) is 0 Å². The van der Waals surface area contributed by atoms with Gasteiger partial charge in [-0.3, -0.25) is 9.59 Å². The van der Waals surface area contributed by atoms with E-state index in [0.29, 0.717) is 30.2 Å². The van der Waals surface area contributed by atoms with Crippen LogP contribution in [0.5, 0.6) is 0 Å². The molecule has 0 aliphatic carbocycles. The number of anilines is 1. The SMILES string of the molecule is O=C(NCCc1ccc(S(=O)(=O)N2CCCC2)cc1)C(=O)Nc1ccc(Cl)cc1. The van der Waals surface area contributed by atoms with Crippen molar-refractivity contribution in [3.63, 3.8) is 0 Å². The van der Waals surface area contributed by atoms with E-state index in [1.165, 1.54) is 4.31 Å². The lowest BCUT2D eigenvalue weighted by Gasteiger charge is -2.15. The summed E-state index contributed by atoms with van der Waals surface area (Å²) in [6.45, 7) is 1.38. The highest BCUT2D eigenvalue weighted by Gasteiger charge is 2.26. The van der Waals surface area contributed by atoms with Gasteiger partial charge in [0, 0.05) is 30.3 Å². The van der Waals surface area contributed by atoms with Crippen molar-refractivity contribution in [2.24, 2.45) is 0 Å². The molecule has 2 aromatic carbocycles. The molecule has 0 spiro atoms. The van der Waals surface area contributed by atoms with Crippen LogP contribution in [0.3, 0.4) is 0 Å². The number of halogens is 1. The van der Waals surface area contributed by atoms with Gasteiger partial charge in [-0.25, -0.2) is 8.42 Å². The molecule has 9 heteroatoms. The Balaban J connectivity index is 1.48. The lowest BCUT2D eigenvalue weighted by atomic mass is 10.1. The van der Waals surface area contributed by atoms with Crippen molar-refractivity contribution in [2.45, 2.75) is 24.2 Å². The Hall–Kier alpha value is -2.42. The zero-order valence-electron chi connectivity index (χ0n) is 15.7. The van der Waals surface area contributed by atoms with Crippen molar-refractivity contribution in [1.29, 1.82) is 0 Å². The van der Waals surface area contributed by atoms with Gasteiger partial charge in [0.2, 0.25) is 10.0 Å². The molecular weight excluding hydrogens is 414 g/mol. The molecule has 0 radical (unpaired) electrons. The minimum Gasteiger partial charge on any atom is -0.347 e. The molecule has 0 bridgehead atoms. The van der Waals surface area contributed by atoms with Crippen LogP contribution in [-0.2, 0) is 26.0 Å². The van der Waals surface area contributed by atoms with E-state index in [-0.39, 0.29) is 11.4 Å². The number of nitrogens with one attached hydrogen (secondary N) is 2. The quantitative estimate of drug-likeness (QED) is 0.681. The summed E-state index contributed by atoms with van der Waals surface area (Å²) in [4.78, 5) is 24.1. The van der Waals surface area contributed by atoms with Crippen LogP contribution >= 0.6 is 11.6 Å². The van der Waals surface area contributed by atoms with Crippen molar-refractivity contribution in [3.05, 3.63) is 59.1 Å². The molecule has 2 amide bonds. The third kappa shape index (κ3) is 5.56. The number of benzene rings is 2. The van der Waals surface area contributed by atoms with Gasteiger partial charge in [0.15, 0.2) is 0 Å². The second kappa shape index (κ2) is 9.39. The van der Waals surface area contributed by atoms with Crippen LogP contribution in [0.2, 0.25) is 5.02 Å². The van der Waals surface area contributed by atoms with Crippen LogP contribution in [0, 0.1) is 0 Å². The topological polar surface area (TPSA) is 95.6 Å². The Morgan fingerprint density at radius 1 is 0.931 bits per heavy atom. The first-order valence-electron chi connectivity index (χ1n) is 9.30. The number of sulfonamides is 1. The maximum absolute atomic E-state index is 12.5. The van der Waals surface area contributed by atoms with Crippen LogP contribution in [0.15, 0.2) is 53.4 Å². The van der Waals surface area contributed by atoms with Crippen LogP contribution in [0.1, 0.15) is 18.4 Å². The first-order valence-corrected chi connectivity index (χ1v) is 11.1. The fraction of sp³-hybridized carbons (Fsp3) is 0.300. The van der Waals surface area contributed by atoms with Gasteiger partial charge in [-0.2, -0.15) is 4.31 Å². The number of carbonyl (C=O) groups is 2. The molecule has 154 valence electrons. The Kier molecular flexibility index (Phi) is 6.89. The van der Waals surface area contributed by atoms with Crippen molar-refractivity contribution in [1.82, 2.24) is 9.62 Å². The van der Waals surface area contributed by atoms with Gasteiger partial charge in [0.05, 0.1) is 4.90 Å². The van der Waals surface area contributed by atoms with E-state index in [0.717, 1.165) is 18.4 Å². The standard InChI is InChI=1S/C20H22ClN3O4S/c21-16-5-7-17(8-6-16)23-20(26)19(25)22-12-11-15-3-9-18(10-4-15)29(27,28)24-13-1-2-14-24/h3-10H,1-2,11-14H2,(H,22,25)(H,23,26). The Morgan fingerprint density at radius 3 is 2.17 bits per heavy atom. The molecular formula is C20H22ClN3O4S. The molecule has 2 aromatic rings. The molecule has 1 fully saturated rings. The molecule has 1 aliphatic rings. The van der Waals surface area contributed by atoms with Crippen molar-refractivity contribution in [2.75, 3.05) is 25.0 Å². The smallest absolute Gasteiger partial charge is 0.313 e. The first kappa shape index (κ1) is 21.3. The Labute approximate surface area is 175 Å². The van der Waals surface area contributed by atoms with E-state index < -0.39 is 21.8 Å². The van der Waals surface area contributed by atoms with Crippen molar-refractivity contribution < 1.29 is 18.0 Å². The molecule has 1 saturated heterocycles. The average Bonchev–Trinajstić information content (AvgIpc) is 3.26. The maximum Gasteiger partial charge on any atom is 0.313 e. The predicted octanol–water partition coefficient (Wildman–Crippen LogP) is 2.42. The lowest BCUT2D eigenvalue weighted by Crippen LogP contribution is -2.36. The summed E-state index contributed by atoms with van der Waals surface area (Å²) in [6, 6.07) is 13.0. The molecule has 0 saturated carbocycles. The number of hydrogen-bond acceptors (Lipinski definition) is 4. The molecule has 2 N–H and O–H groups in total. The van der Waals surface area contributed by atoms with E-state index in [1.807, 2.05) is 0 Å². The van der Waals surface area contributed by atoms with Crippen LogP contribution < -0.4 is 10.6 Å². The highest BCUT2D eigenvalue weighted by atomic mass is 35.5. The fourth-order valence-corrected chi connectivity index (χ4v) is 4.67. The monoisotopic (exact) mass is 435 g/mol. The second-order valence-corrected chi connectivity index (χ2v) is 9.10. The van der Waals surface area contributed by atoms with E-state index in [9.17, 15) is 18.0 Å². The highest BCUT2D eigenvalue weighted by molar-refractivity contribution is 7.89. The predicted molar refractivity (Wildman–Crippen MR) is 111 cm³/mol. The number of hydrogen-bond donors (Lipinski definition) is 2. The minimum absolute atomic E-state index is 0.255. The number of carbonyl (C=O) groups excluding carboxylic acids is 2. The van der Waals surface area contributed by atoms with Gasteiger partial charge in [-0.05, 0) is 61.2 Å². The lowest BCUT2D eigenvalue weighted by molar-refractivity contribution is -0.136. The number of rotatable bonds is 6. The van der Waals surface area contributed by atoms with Gasteiger partial charge in [-0.15, -0.1) is 0 Å². The largest absolute Gasteiger partial charge is 0.347 e. The Bertz CT molecular complexity index is 970. The fourth-order valence-electron chi connectivity index (χ4n) is 3.03. The molecule has 3 rings (SSSR count). The summed E-state index contributed by atoms with van der Waals surface area (Å²) >= 11 is 5.78. The summed E-state index contributed by atoms with van der Waals surface area (Å²) in [7, 11) is -3.43. The molecule has 0 unspecified atom stereocenters. The molecule has 1 aliphatic heterocycles. The van der Waals surface area contributed by atoms with E-state index in [2.05, 4.69) is 10.6 Å². The van der Waals surface area contributed by atoms with E-state index in [4.69, 9.17) is 11.6 Å². The summed E-state index contributed by atoms with van der Waals surface area (Å²) in [6.07, 6.45) is 2.26. The van der Waals surface area contributed by atoms with Gasteiger partial charge >= 0.3 is 11.8 Å². The minimum atomic E-state index is -3.43. The third-order valence-corrected chi connectivity index (χ3v) is 6.80. The van der Waals surface area contributed by atoms with E-state index >= 15 is 0 Å². The van der Waals surface area contributed by atoms with Crippen LogP contribution in [-0.4, -0.2) is 44.2 Å². The van der Waals surface area contributed by atoms with E-state index in [1.54, 1.807) is 48.5 Å². The number of amides is 2. The third-order valence-electron chi connectivity index (χ3n) is 4.63. The summed E-state index contributed by atoms with van der Waals surface area (Å²) in [5, 5.41) is 5.57. The molecule has 29 heavy (non-hydrogen) atoms. The summed E-state index contributed by atoms with van der Waals surface area (Å²) in [5.41, 5.74) is 1.34. The normalized spacial score (nSPS) is 14.5.